The summed E-state index contributed by atoms with van der Waals surface area (Å²) in [6.45, 7) is 5.45. The maximum Gasteiger partial charge on any atom is 0.326 e. The van der Waals surface area contributed by atoms with E-state index in [1.165, 1.54) is 0 Å². The predicted octanol–water partition coefficient (Wildman–Crippen LogP) is 1.82. The van der Waals surface area contributed by atoms with Crippen molar-refractivity contribution >= 4 is 11.9 Å². The van der Waals surface area contributed by atoms with Crippen LogP contribution in [0.4, 0.5) is 0 Å². The third kappa shape index (κ3) is 5.40. The molecule has 0 aromatic heterocycles. The van der Waals surface area contributed by atoms with Crippen LogP contribution in [0.25, 0.3) is 0 Å². The Morgan fingerprint density at radius 1 is 1.25 bits per heavy atom. The van der Waals surface area contributed by atoms with E-state index < -0.39 is 23.3 Å². The molecule has 20 heavy (non-hydrogen) atoms. The molecule has 2 N–H and O–H groups in total. The Bertz CT molecular complexity index is 451. The first-order valence-corrected chi connectivity index (χ1v) is 6.44. The summed E-state index contributed by atoms with van der Waals surface area (Å²) in [6, 6.07) is 8.53. The Kier molecular flexibility index (Phi) is 5.70. The lowest BCUT2D eigenvalue weighted by Crippen LogP contribution is -2.50. The summed E-state index contributed by atoms with van der Waals surface area (Å²) < 4.78 is 5.27. The van der Waals surface area contributed by atoms with E-state index in [1.54, 1.807) is 20.8 Å². The van der Waals surface area contributed by atoms with Crippen molar-refractivity contribution in [1.29, 1.82) is 0 Å². The number of hydrogen-bond donors (Lipinski definition) is 2. The number of benzene rings is 1. The Balaban J connectivity index is 2.41. The fraction of sp³-hybridized carbons (Fsp3) is 0.467. The first-order chi connectivity index (χ1) is 9.30. The summed E-state index contributed by atoms with van der Waals surface area (Å²) in [7, 11) is 0. The molecule has 5 nitrogen and oxygen atoms in total. The van der Waals surface area contributed by atoms with Gasteiger partial charge in [-0.3, -0.25) is 4.79 Å². The van der Waals surface area contributed by atoms with Crippen molar-refractivity contribution in [2.24, 2.45) is 5.41 Å². The van der Waals surface area contributed by atoms with E-state index in [0.29, 0.717) is 6.61 Å². The first-order valence-electron chi connectivity index (χ1n) is 6.44. The molecule has 1 amide bonds. The topological polar surface area (TPSA) is 75.6 Å². The summed E-state index contributed by atoms with van der Waals surface area (Å²) in [5, 5.41) is 11.6. The van der Waals surface area contributed by atoms with Gasteiger partial charge in [0.1, 0.15) is 12.6 Å². The van der Waals surface area contributed by atoms with Gasteiger partial charge in [0.15, 0.2) is 0 Å². The van der Waals surface area contributed by atoms with Crippen LogP contribution in [-0.4, -0.2) is 29.6 Å². The van der Waals surface area contributed by atoms with E-state index >= 15 is 0 Å². The Morgan fingerprint density at radius 3 is 2.35 bits per heavy atom. The van der Waals surface area contributed by atoms with Gasteiger partial charge in [-0.2, -0.15) is 0 Å². The van der Waals surface area contributed by atoms with Crippen LogP contribution in [-0.2, 0) is 20.9 Å². The Labute approximate surface area is 118 Å². The molecule has 0 spiro atoms. The maximum atomic E-state index is 11.7. The van der Waals surface area contributed by atoms with Crippen molar-refractivity contribution in [3.05, 3.63) is 35.9 Å². The number of ether oxygens (including phenoxy) is 1. The van der Waals surface area contributed by atoms with Gasteiger partial charge >= 0.3 is 5.97 Å². The lowest BCUT2D eigenvalue weighted by Gasteiger charge is -2.27. The van der Waals surface area contributed by atoms with Crippen molar-refractivity contribution < 1.29 is 19.4 Å². The molecule has 0 heterocycles. The van der Waals surface area contributed by atoms with E-state index in [1.807, 2.05) is 30.3 Å². The van der Waals surface area contributed by atoms with Gasteiger partial charge < -0.3 is 15.2 Å². The Morgan fingerprint density at radius 2 is 1.85 bits per heavy atom. The molecule has 0 radical (unpaired) electrons. The zero-order valence-electron chi connectivity index (χ0n) is 12.1. The highest BCUT2D eigenvalue weighted by Crippen LogP contribution is 2.19. The monoisotopic (exact) mass is 279 g/mol. The third-order valence-corrected chi connectivity index (χ3v) is 2.76. The second-order valence-corrected chi connectivity index (χ2v) is 5.68. The smallest absolute Gasteiger partial charge is 0.326 e. The highest BCUT2D eigenvalue weighted by molar-refractivity contribution is 5.84. The van der Waals surface area contributed by atoms with Gasteiger partial charge in [-0.1, -0.05) is 51.1 Å². The highest BCUT2D eigenvalue weighted by atomic mass is 16.5. The lowest BCUT2D eigenvalue weighted by atomic mass is 9.87. The molecule has 0 aliphatic heterocycles. The molecule has 0 unspecified atom stereocenters. The number of carbonyl (C=O) groups excluding carboxylic acids is 1. The van der Waals surface area contributed by atoms with Gasteiger partial charge in [-0.05, 0) is 11.0 Å². The minimum absolute atomic E-state index is 0.158. The molecule has 5 heteroatoms. The number of carboxylic acid groups (broad SMARTS) is 1. The second kappa shape index (κ2) is 7.05. The van der Waals surface area contributed by atoms with Gasteiger partial charge in [0.2, 0.25) is 5.91 Å². The van der Waals surface area contributed by atoms with Gasteiger partial charge in [-0.25, -0.2) is 4.79 Å². The number of aliphatic carboxylic acids is 1. The molecule has 1 rings (SSSR count). The minimum Gasteiger partial charge on any atom is -0.480 e. The number of carbonyl (C=O) groups is 2. The van der Waals surface area contributed by atoms with Crippen LogP contribution in [0.1, 0.15) is 26.3 Å². The van der Waals surface area contributed by atoms with E-state index in [0.717, 1.165) is 5.56 Å². The summed E-state index contributed by atoms with van der Waals surface area (Å²) in [5.74, 6) is -1.47. The summed E-state index contributed by atoms with van der Waals surface area (Å²) >= 11 is 0. The van der Waals surface area contributed by atoms with E-state index in [2.05, 4.69) is 5.32 Å². The molecule has 1 aromatic rings. The average molecular weight is 279 g/mol. The molecule has 1 atom stereocenters. The van der Waals surface area contributed by atoms with Crippen LogP contribution in [0.2, 0.25) is 0 Å². The molecule has 0 saturated heterocycles. The molecule has 0 aliphatic carbocycles. The van der Waals surface area contributed by atoms with Crippen LogP contribution in [0.15, 0.2) is 30.3 Å². The lowest BCUT2D eigenvalue weighted by molar-refractivity contribution is -0.145. The van der Waals surface area contributed by atoms with E-state index in [4.69, 9.17) is 9.84 Å². The molecule has 0 saturated carbocycles. The maximum absolute atomic E-state index is 11.7. The summed E-state index contributed by atoms with van der Waals surface area (Å²) in [5.41, 5.74) is 0.409. The fourth-order valence-corrected chi connectivity index (χ4v) is 1.69. The number of rotatable bonds is 6. The molecule has 0 aliphatic rings. The number of hydrogen-bond acceptors (Lipinski definition) is 3. The third-order valence-electron chi connectivity index (χ3n) is 2.76. The van der Waals surface area contributed by atoms with E-state index in [-0.39, 0.29) is 6.61 Å². The normalized spacial score (nSPS) is 12.8. The number of nitrogens with one attached hydrogen (secondary N) is 1. The SMILES string of the molecule is CC(C)(C)[C@H](NC(=O)COCc1ccccc1)C(=O)O. The summed E-state index contributed by atoms with van der Waals surface area (Å²) in [4.78, 5) is 22.8. The van der Waals surface area contributed by atoms with Crippen LogP contribution in [0, 0.1) is 5.41 Å². The zero-order chi connectivity index (χ0) is 15.2. The average Bonchev–Trinajstić information content (AvgIpc) is 2.35. The molecule has 1 aromatic carbocycles. The fourth-order valence-electron chi connectivity index (χ4n) is 1.69. The Hall–Kier alpha value is -1.88. The molecular weight excluding hydrogens is 258 g/mol. The molecular formula is C15H21NO4. The van der Waals surface area contributed by atoms with E-state index in [9.17, 15) is 9.59 Å². The van der Waals surface area contributed by atoms with Crippen LogP contribution in [0.5, 0.6) is 0 Å². The molecule has 110 valence electrons. The van der Waals surface area contributed by atoms with Gasteiger partial charge in [-0.15, -0.1) is 0 Å². The first kappa shape index (κ1) is 16.2. The van der Waals surface area contributed by atoms with Crippen molar-refractivity contribution in [3.8, 4) is 0 Å². The molecule has 0 fully saturated rings. The van der Waals surface area contributed by atoms with Crippen molar-refractivity contribution in [2.75, 3.05) is 6.61 Å². The van der Waals surface area contributed by atoms with Crippen LogP contribution >= 0.6 is 0 Å². The van der Waals surface area contributed by atoms with Crippen LogP contribution in [0.3, 0.4) is 0 Å². The zero-order valence-corrected chi connectivity index (χ0v) is 12.1. The number of amides is 1. The largest absolute Gasteiger partial charge is 0.480 e. The molecule has 0 bridgehead atoms. The second-order valence-electron chi connectivity index (χ2n) is 5.68. The standard InChI is InChI=1S/C15H21NO4/c1-15(2,3)13(14(18)19)16-12(17)10-20-9-11-7-5-4-6-8-11/h4-8,13H,9-10H2,1-3H3,(H,16,17)(H,18,19)/t13-/m1/s1. The predicted molar refractivity (Wildman–Crippen MR) is 75.1 cm³/mol. The van der Waals surface area contributed by atoms with Gasteiger partial charge in [0, 0.05) is 0 Å². The van der Waals surface area contributed by atoms with Crippen LogP contribution < -0.4 is 5.32 Å². The minimum atomic E-state index is -1.05. The quantitative estimate of drug-likeness (QED) is 0.833. The number of carboxylic acids is 1. The van der Waals surface area contributed by atoms with Crippen molar-refractivity contribution in [3.63, 3.8) is 0 Å². The van der Waals surface area contributed by atoms with Crippen molar-refractivity contribution in [2.45, 2.75) is 33.4 Å². The van der Waals surface area contributed by atoms with Crippen molar-refractivity contribution in [1.82, 2.24) is 5.32 Å². The summed E-state index contributed by atoms with van der Waals surface area (Å²) in [6.07, 6.45) is 0. The highest BCUT2D eigenvalue weighted by Gasteiger charge is 2.32. The van der Waals surface area contributed by atoms with Gasteiger partial charge in [0.05, 0.1) is 6.61 Å². The van der Waals surface area contributed by atoms with Gasteiger partial charge in [0.25, 0.3) is 0 Å².